The summed E-state index contributed by atoms with van der Waals surface area (Å²) < 4.78 is 107. The zero-order valence-electron chi connectivity index (χ0n) is 34.9. The molecule has 0 bridgehead atoms. The summed E-state index contributed by atoms with van der Waals surface area (Å²) in [6.07, 6.45) is 2.81. The molecule has 4 aromatic heterocycles. The molecule has 0 radical (unpaired) electrons. The van der Waals surface area contributed by atoms with Crippen LogP contribution in [0.1, 0.15) is 44.6 Å². The van der Waals surface area contributed by atoms with Crippen LogP contribution < -0.4 is 18.9 Å². The molecule has 4 heterocycles. The van der Waals surface area contributed by atoms with Crippen LogP contribution in [0.25, 0.3) is 22.1 Å². The minimum atomic E-state index is -2.71. The van der Waals surface area contributed by atoms with Gasteiger partial charge in [-0.3, -0.25) is 18.4 Å². The molecule has 0 amide bonds. The highest BCUT2D eigenvalue weighted by Crippen LogP contribution is 2.28. The molecule has 6 aromatic rings. The van der Waals surface area contributed by atoms with Crippen LogP contribution in [0.15, 0.2) is 59.1 Å². The quantitative estimate of drug-likeness (QED) is 0.179. The van der Waals surface area contributed by atoms with Crippen molar-refractivity contribution in [3.05, 3.63) is 82.4 Å². The van der Waals surface area contributed by atoms with Crippen LogP contribution >= 0.6 is 0 Å². The number of aromatic amines is 2. The molecule has 14 heteroatoms. The zero-order valence-corrected chi connectivity index (χ0v) is 28.5. The number of hydrogen-bond acceptors (Lipinski definition) is 10. The Labute approximate surface area is 294 Å². The first kappa shape index (κ1) is 25.2. The SMILES string of the molecule is [2H]C([2H])([2H])Oc1c(C)cnc(C([2H])([2H])S(=O)c2nc3ccc(OC)cc3[nH]2)c1C.[2H]C([2H])([2H])Oc1c(C)cnc(CS(=O)c2nc3ccc(OC)cc3[nH]2)c1C. The number of benzene rings is 2. The monoisotopic (exact) mass is 698 g/mol. The molecule has 6 rings (SSSR count). The second-order valence-electron chi connectivity index (χ2n) is 10.5. The third-order valence-electron chi connectivity index (χ3n) is 7.37. The Bertz CT molecular complexity index is 2450. The van der Waals surface area contributed by atoms with Crippen molar-refractivity contribution in [2.45, 2.75) is 49.5 Å². The summed E-state index contributed by atoms with van der Waals surface area (Å²) in [5.41, 5.74) is 2.06. The lowest BCUT2D eigenvalue weighted by Gasteiger charge is -2.11. The van der Waals surface area contributed by atoms with E-state index in [1.54, 1.807) is 64.3 Å². The van der Waals surface area contributed by atoms with Gasteiger partial charge in [0.15, 0.2) is 10.3 Å². The Morgan fingerprint density at radius 3 is 1.69 bits per heavy atom. The number of aromatic nitrogens is 6. The fourth-order valence-corrected chi connectivity index (χ4v) is 6.71. The van der Waals surface area contributed by atoms with Crippen molar-refractivity contribution in [1.82, 2.24) is 29.9 Å². The first-order valence-electron chi connectivity index (χ1n) is 18.3. The highest BCUT2D eigenvalue weighted by molar-refractivity contribution is 7.84. The predicted molar refractivity (Wildman–Crippen MR) is 186 cm³/mol. The van der Waals surface area contributed by atoms with E-state index < -0.39 is 41.4 Å². The summed E-state index contributed by atoms with van der Waals surface area (Å²) in [6, 6.07) is 10.4. The normalized spacial score (nSPS) is 15.6. The predicted octanol–water partition coefficient (Wildman–Crippen LogP) is 5.80. The van der Waals surface area contributed by atoms with Gasteiger partial charge in [-0.05, 0) is 52.0 Å². The minimum Gasteiger partial charge on any atom is -0.497 e. The van der Waals surface area contributed by atoms with Crippen molar-refractivity contribution in [2.24, 2.45) is 0 Å². The third kappa shape index (κ3) is 7.34. The van der Waals surface area contributed by atoms with Gasteiger partial charge >= 0.3 is 0 Å². The average molecular weight is 699 g/mol. The van der Waals surface area contributed by atoms with E-state index in [-0.39, 0.29) is 33.7 Å². The smallest absolute Gasteiger partial charge is 0.197 e. The summed E-state index contributed by atoms with van der Waals surface area (Å²) in [6.45, 7) is 6.50. The van der Waals surface area contributed by atoms with Crippen LogP contribution in [0.5, 0.6) is 23.0 Å². The van der Waals surface area contributed by atoms with E-state index in [1.165, 1.54) is 26.4 Å². The fourth-order valence-electron chi connectivity index (χ4n) is 4.75. The van der Waals surface area contributed by atoms with Crippen molar-refractivity contribution >= 4 is 43.7 Å². The molecule has 0 aliphatic rings. The molecule has 0 spiro atoms. The van der Waals surface area contributed by atoms with E-state index in [0.29, 0.717) is 55.6 Å². The van der Waals surface area contributed by atoms with Crippen LogP contribution in [0, 0.1) is 27.7 Å². The van der Waals surface area contributed by atoms with Crippen LogP contribution in [-0.4, -0.2) is 66.6 Å². The second-order valence-corrected chi connectivity index (χ2v) is 13.0. The Kier molecular flexibility index (Phi) is 7.86. The van der Waals surface area contributed by atoms with Gasteiger partial charge in [0.1, 0.15) is 23.0 Å². The van der Waals surface area contributed by atoms with Gasteiger partial charge in [-0.25, -0.2) is 9.97 Å². The number of imidazole rings is 2. The Morgan fingerprint density at radius 1 is 0.708 bits per heavy atom. The average Bonchev–Trinajstić information content (AvgIpc) is 3.76. The van der Waals surface area contributed by atoms with E-state index in [2.05, 4.69) is 29.9 Å². The van der Waals surface area contributed by atoms with Crippen LogP contribution in [0.4, 0.5) is 0 Å². The topological polar surface area (TPSA) is 154 Å². The molecule has 2 unspecified atom stereocenters. The number of ether oxygens (including phenoxy) is 4. The molecule has 2 aromatic carbocycles. The van der Waals surface area contributed by atoms with E-state index in [0.717, 1.165) is 5.52 Å². The third-order valence-corrected chi connectivity index (χ3v) is 9.46. The minimum absolute atomic E-state index is 0.00906. The van der Waals surface area contributed by atoms with Gasteiger partial charge in [0.25, 0.3) is 0 Å². The van der Waals surface area contributed by atoms with Gasteiger partial charge in [0.05, 0.1) is 103 Å². The standard InChI is InChI=1S/2C17H19N3O3S/c2*1-10-8-18-15(11(2)16(10)23-4)9-24(21)17-19-13-6-5-12(22-3)7-14(13)20-17/h2*5-8H,9H2,1-4H3,(H,19,20)/i4D3,9D2;4D3. The van der Waals surface area contributed by atoms with Crippen molar-refractivity contribution in [1.29, 1.82) is 0 Å². The summed E-state index contributed by atoms with van der Waals surface area (Å²) in [4.78, 5) is 22.8. The Morgan fingerprint density at radius 2 is 1.19 bits per heavy atom. The summed E-state index contributed by atoms with van der Waals surface area (Å²) >= 11 is 0. The molecule has 0 aliphatic carbocycles. The molecule has 0 saturated heterocycles. The van der Waals surface area contributed by atoms with E-state index in [9.17, 15) is 8.42 Å². The van der Waals surface area contributed by atoms with Gasteiger partial charge in [-0.1, -0.05) is 0 Å². The van der Waals surface area contributed by atoms with Crippen molar-refractivity contribution in [3.8, 4) is 23.0 Å². The second kappa shape index (κ2) is 14.9. The van der Waals surface area contributed by atoms with Crippen LogP contribution in [-0.2, 0) is 33.1 Å². The molecule has 2 atom stereocenters. The maximum absolute atomic E-state index is 13.0. The molecular formula is C34H38N6O6S2. The number of rotatable bonds is 10. The summed E-state index contributed by atoms with van der Waals surface area (Å²) in [7, 11) is -5.95. The summed E-state index contributed by atoms with van der Waals surface area (Å²) in [5, 5.41) is 0.247. The van der Waals surface area contributed by atoms with E-state index in [4.69, 9.17) is 29.9 Å². The van der Waals surface area contributed by atoms with E-state index in [1.807, 2.05) is 0 Å². The largest absolute Gasteiger partial charge is 0.497 e. The van der Waals surface area contributed by atoms with E-state index >= 15 is 0 Å². The first-order valence-corrected chi connectivity index (χ1v) is 16.8. The lowest BCUT2D eigenvalue weighted by Crippen LogP contribution is -2.05. The zero-order chi connectivity index (χ0) is 41.3. The summed E-state index contributed by atoms with van der Waals surface area (Å²) in [5.74, 6) is 1.56. The number of nitrogens with zero attached hydrogens (tertiary/aromatic N) is 4. The fraction of sp³-hybridized carbons (Fsp3) is 0.294. The number of methoxy groups -OCH3 is 4. The van der Waals surface area contributed by atoms with Gasteiger partial charge in [0.2, 0.25) is 0 Å². The molecule has 2 N–H and O–H groups in total. The lowest BCUT2D eigenvalue weighted by atomic mass is 10.1. The first-order chi connectivity index (χ1) is 26.1. The number of fused-ring (bicyclic) bond motifs is 2. The highest BCUT2D eigenvalue weighted by Gasteiger charge is 2.18. The van der Waals surface area contributed by atoms with Gasteiger partial charge in [0, 0.05) is 49.5 Å². The Hall–Kier alpha value is -4.82. The maximum Gasteiger partial charge on any atom is 0.197 e. The number of hydrogen-bond donors (Lipinski definition) is 2. The molecule has 48 heavy (non-hydrogen) atoms. The van der Waals surface area contributed by atoms with Crippen molar-refractivity contribution in [3.63, 3.8) is 0 Å². The molecule has 252 valence electrons. The highest BCUT2D eigenvalue weighted by atomic mass is 32.2. The number of pyridine rings is 2. The van der Waals surface area contributed by atoms with Gasteiger partial charge in [-0.15, -0.1) is 0 Å². The van der Waals surface area contributed by atoms with Crippen molar-refractivity contribution < 1.29 is 38.3 Å². The number of aryl methyl sites for hydroxylation is 2. The van der Waals surface area contributed by atoms with Crippen molar-refractivity contribution in [2.75, 3.05) is 28.3 Å². The molecular weight excluding hydrogens is 653 g/mol. The Balaban J connectivity index is 0.000000215. The molecule has 0 aliphatic heterocycles. The lowest BCUT2D eigenvalue weighted by molar-refractivity contribution is 0.407. The maximum atomic E-state index is 13.0. The number of H-pyrrole nitrogens is 2. The molecule has 12 nitrogen and oxygen atoms in total. The van der Waals surface area contributed by atoms with Gasteiger partial charge < -0.3 is 28.9 Å². The molecule has 0 fully saturated rings. The van der Waals surface area contributed by atoms with Gasteiger partial charge in [-0.2, -0.15) is 0 Å². The molecule has 0 saturated carbocycles. The van der Waals surface area contributed by atoms with Crippen LogP contribution in [0.3, 0.4) is 0 Å². The van der Waals surface area contributed by atoms with Crippen LogP contribution in [0.2, 0.25) is 0 Å². The number of nitrogens with one attached hydrogen (secondary N) is 2.